The summed E-state index contributed by atoms with van der Waals surface area (Å²) in [5.74, 6) is 0.628. The standard InChI is InChI=1S/C14H25NO3/c1-8-7-15(6-5-12(8)16)14(17)13-9(2)10(3)18-11(13)4/h8-13,16H,5-7H2,1-4H3. The summed E-state index contributed by atoms with van der Waals surface area (Å²) in [7, 11) is 0. The molecule has 0 aromatic carbocycles. The Morgan fingerprint density at radius 2 is 1.89 bits per heavy atom. The smallest absolute Gasteiger partial charge is 0.228 e. The van der Waals surface area contributed by atoms with Crippen LogP contribution in [0.5, 0.6) is 0 Å². The lowest BCUT2D eigenvalue weighted by Gasteiger charge is -2.36. The van der Waals surface area contributed by atoms with Crippen LogP contribution < -0.4 is 0 Å². The van der Waals surface area contributed by atoms with Gasteiger partial charge in [0.1, 0.15) is 0 Å². The van der Waals surface area contributed by atoms with Crippen LogP contribution in [0.15, 0.2) is 0 Å². The van der Waals surface area contributed by atoms with Gasteiger partial charge in [-0.15, -0.1) is 0 Å². The summed E-state index contributed by atoms with van der Waals surface area (Å²) in [5, 5.41) is 9.73. The molecule has 0 saturated carbocycles. The van der Waals surface area contributed by atoms with Crippen molar-refractivity contribution in [1.82, 2.24) is 4.90 Å². The number of hydrogen-bond donors (Lipinski definition) is 1. The fourth-order valence-electron chi connectivity index (χ4n) is 3.24. The number of likely N-dealkylation sites (tertiary alicyclic amines) is 1. The molecule has 0 aromatic rings. The van der Waals surface area contributed by atoms with Gasteiger partial charge in [0.25, 0.3) is 0 Å². The molecule has 1 amide bonds. The molecule has 2 aliphatic rings. The Morgan fingerprint density at radius 1 is 1.22 bits per heavy atom. The van der Waals surface area contributed by atoms with Gasteiger partial charge >= 0.3 is 0 Å². The summed E-state index contributed by atoms with van der Waals surface area (Å²) in [6, 6.07) is 0. The number of nitrogens with zero attached hydrogens (tertiary/aromatic N) is 1. The van der Waals surface area contributed by atoms with Crippen molar-refractivity contribution >= 4 is 5.91 Å². The molecule has 104 valence electrons. The molecule has 0 aromatic heterocycles. The highest BCUT2D eigenvalue weighted by atomic mass is 16.5. The average molecular weight is 255 g/mol. The van der Waals surface area contributed by atoms with E-state index in [-0.39, 0.29) is 42.0 Å². The maximum absolute atomic E-state index is 12.6. The van der Waals surface area contributed by atoms with Crippen molar-refractivity contribution in [2.45, 2.75) is 52.4 Å². The number of amides is 1. The van der Waals surface area contributed by atoms with E-state index in [1.807, 2.05) is 25.7 Å². The van der Waals surface area contributed by atoms with E-state index in [1.54, 1.807) is 0 Å². The molecule has 0 spiro atoms. The zero-order valence-electron chi connectivity index (χ0n) is 11.8. The van der Waals surface area contributed by atoms with Crippen LogP contribution in [0.2, 0.25) is 0 Å². The SMILES string of the molecule is CC1CN(C(=O)C2C(C)OC(C)C2C)CCC1O. The number of carbonyl (C=O) groups is 1. The summed E-state index contributed by atoms with van der Waals surface area (Å²) in [5.41, 5.74) is 0. The lowest BCUT2D eigenvalue weighted by Crippen LogP contribution is -2.49. The molecule has 4 heteroatoms. The third-order valence-corrected chi connectivity index (χ3v) is 4.70. The Balaban J connectivity index is 2.03. The first-order valence-electron chi connectivity index (χ1n) is 7.04. The molecule has 4 nitrogen and oxygen atoms in total. The second-order valence-electron chi connectivity index (χ2n) is 6.05. The van der Waals surface area contributed by atoms with Gasteiger partial charge in [-0.1, -0.05) is 13.8 Å². The number of aliphatic hydroxyl groups excluding tert-OH is 1. The highest BCUT2D eigenvalue weighted by Gasteiger charge is 2.44. The van der Waals surface area contributed by atoms with Crippen molar-refractivity contribution in [2.24, 2.45) is 17.8 Å². The van der Waals surface area contributed by atoms with Crippen LogP contribution >= 0.6 is 0 Å². The molecule has 2 aliphatic heterocycles. The van der Waals surface area contributed by atoms with Gasteiger partial charge in [-0.3, -0.25) is 4.79 Å². The van der Waals surface area contributed by atoms with Crippen LogP contribution in [-0.4, -0.2) is 47.3 Å². The summed E-state index contributed by atoms with van der Waals surface area (Å²) in [4.78, 5) is 14.5. The molecule has 2 heterocycles. The molecule has 6 atom stereocenters. The van der Waals surface area contributed by atoms with Crippen molar-refractivity contribution in [3.63, 3.8) is 0 Å². The van der Waals surface area contributed by atoms with Gasteiger partial charge in [-0.2, -0.15) is 0 Å². The highest BCUT2D eigenvalue weighted by Crippen LogP contribution is 2.34. The largest absolute Gasteiger partial charge is 0.393 e. The maximum Gasteiger partial charge on any atom is 0.228 e. The number of rotatable bonds is 1. The van der Waals surface area contributed by atoms with Gasteiger partial charge in [0.15, 0.2) is 0 Å². The minimum absolute atomic E-state index is 0.00431. The van der Waals surface area contributed by atoms with Gasteiger partial charge in [0.05, 0.1) is 24.2 Å². The summed E-state index contributed by atoms with van der Waals surface area (Å²) >= 11 is 0. The summed E-state index contributed by atoms with van der Waals surface area (Å²) < 4.78 is 5.75. The van der Waals surface area contributed by atoms with E-state index in [0.29, 0.717) is 19.5 Å². The third-order valence-electron chi connectivity index (χ3n) is 4.70. The number of aliphatic hydroxyl groups is 1. The molecule has 1 N–H and O–H groups in total. The molecule has 18 heavy (non-hydrogen) atoms. The van der Waals surface area contributed by atoms with E-state index in [9.17, 15) is 9.90 Å². The van der Waals surface area contributed by atoms with Gasteiger partial charge in [0.2, 0.25) is 5.91 Å². The van der Waals surface area contributed by atoms with Crippen LogP contribution in [0.25, 0.3) is 0 Å². The highest BCUT2D eigenvalue weighted by molar-refractivity contribution is 5.80. The summed E-state index contributed by atoms with van der Waals surface area (Å²) in [6.07, 6.45) is 0.591. The first kappa shape index (κ1) is 13.8. The Bertz CT molecular complexity index is 320. The topological polar surface area (TPSA) is 49.8 Å². The second kappa shape index (κ2) is 5.17. The summed E-state index contributed by atoms with van der Waals surface area (Å²) in [6.45, 7) is 9.48. The number of ether oxygens (including phenoxy) is 1. The molecule has 2 saturated heterocycles. The van der Waals surface area contributed by atoms with Gasteiger partial charge in [-0.05, 0) is 32.1 Å². The van der Waals surface area contributed by atoms with E-state index in [1.165, 1.54) is 0 Å². The Labute approximate surface area is 109 Å². The molecule has 0 bridgehead atoms. The van der Waals surface area contributed by atoms with Crippen LogP contribution in [-0.2, 0) is 9.53 Å². The minimum Gasteiger partial charge on any atom is -0.393 e. The molecule has 2 rings (SSSR count). The lowest BCUT2D eigenvalue weighted by molar-refractivity contribution is -0.141. The lowest BCUT2D eigenvalue weighted by atomic mass is 9.87. The van der Waals surface area contributed by atoms with Gasteiger partial charge in [-0.25, -0.2) is 0 Å². The van der Waals surface area contributed by atoms with Crippen molar-refractivity contribution in [3.8, 4) is 0 Å². The van der Waals surface area contributed by atoms with E-state index in [2.05, 4.69) is 6.92 Å². The number of carbonyl (C=O) groups excluding carboxylic acids is 1. The molecular weight excluding hydrogens is 230 g/mol. The van der Waals surface area contributed by atoms with E-state index in [4.69, 9.17) is 4.74 Å². The predicted molar refractivity (Wildman–Crippen MR) is 69.0 cm³/mol. The average Bonchev–Trinajstić information content (AvgIpc) is 2.56. The molecule has 2 fully saturated rings. The van der Waals surface area contributed by atoms with E-state index in [0.717, 1.165) is 0 Å². The Hall–Kier alpha value is -0.610. The second-order valence-corrected chi connectivity index (χ2v) is 6.05. The van der Waals surface area contributed by atoms with Gasteiger partial charge in [0, 0.05) is 13.1 Å². The van der Waals surface area contributed by atoms with Crippen molar-refractivity contribution < 1.29 is 14.6 Å². The Kier molecular flexibility index (Phi) is 3.97. The third kappa shape index (κ3) is 2.41. The van der Waals surface area contributed by atoms with E-state index >= 15 is 0 Å². The first-order valence-corrected chi connectivity index (χ1v) is 7.04. The first-order chi connectivity index (χ1) is 8.41. The monoisotopic (exact) mass is 255 g/mol. The quantitative estimate of drug-likeness (QED) is 0.768. The van der Waals surface area contributed by atoms with Crippen molar-refractivity contribution in [2.75, 3.05) is 13.1 Å². The predicted octanol–water partition coefficient (Wildman–Crippen LogP) is 1.28. The minimum atomic E-state index is -0.261. The molecule has 0 radical (unpaired) electrons. The van der Waals surface area contributed by atoms with Crippen molar-refractivity contribution in [3.05, 3.63) is 0 Å². The van der Waals surface area contributed by atoms with Crippen LogP contribution in [0.1, 0.15) is 34.1 Å². The molecule has 0 aliphatic carbocycles. The van der Waals surface area contributed by atoms with E-state index < -0.39 is 0 Å². The zero-order valence-corrected chi connectivity index (χ0v) is 11.8. The van der Waals surface area contributed by atoms with Crippen molar-refractivity contribution in [1.29, 1.82) is 0 Å². The molecular formula is C14H25NO3. The fourth-order valence-corrected chi connectivity index (χ4v) is 3.24. The number of piperidine rings is 1. The maximum atomic E-state index is 12.6. The van der Waals surface area contributed by atoms with Crippen LogP contribution in [0.3, 0.4) is 0 Å². The number of hydrogen-bond acceptors (Lipinski definition) is 3. The fraction of sp³-hybridized carbons (Fsp3) is 0.929. The Morgan fingerprint density at radius 3 is 2.39 bits per heavy atom. The van der Waals surface area contributed by atoms with Crippen LogP contribution in [0, 0.1) is 17.8 Å². The van der Waals surface area contributed by atoms with Crippen LogP contribution in [0.4, 0.5) is 0 Å². The normalized spacial score (nSPS) is 45.3. The van der Waals surface area contributed by atoms with Gasteiger partial charge < -0.3 is 14.7 Å². The zero-order chi connectivity index (χ0) is 13.4. The molecule has 6 unspecified atom stereocenters.